The lowest BCUT2D eigenvalue weighted by molar-refractivity contribution is -0.178. The Labute approximate surface area is 83.9 Å². The van der Waals surface area contributed by atoms with Gasteiger partial charge in [-0.2, -0.15) is 13.2 Å². The predicted octanol–water partition coefficient (Wildman–Crippen LogP) is 4.26. The summed E-state index contributed by atoms with van der Waals surface area (Å²) in [6, 6.07) is 0. The fourth-order valence-electron chi connectivity index (χ4n) is 3.24. The molecule has 1 aliphatic rings. The van der Waals surface area contributed by atoms with Crippen molar-refractivity contribution in [3.05, 3.63) is 0 Å². The quantitative estimate of drug-likeness (QED) is 0.650. The van der Waals surface area contributed by atoms with Gasteiger partial charge < -0.3 is 0 Å². The lowest BCUT2D eigenvalue weighted by atomic mass is 9.91. The highest BCUT2D eigenvalue weighted by Gasteiger charge is 2.65. The zero-order valence-corrected chi connectivity index (χ0v) is 9.28. The second kappa shape index (κ2) is 3.42. The molecule has 0 aromatic rings. The zero-order chi connectivity index (χ0) is 11.1. The minimum atomic E-state index is -4.02. The summed E-state index contributed by atoms with van der Waals surface area (Å²) in [6.07, 6.45) is -2.28. The Morgan fingerprint density at radius 3 is 1.86 bits per heavy atom. The highest BCUT2D eigenvalue weighted by molar-refractivity contribution is 5.09. The summed E-state index contributed by atoms with van der Waals surface area (Å²) in [4.78, 5) is 0. The summed E-state index contributed by atoms with van der Waals surface area (Å²) < 4.78 is 37.6. The second-order valence-electron chi connectivity index (χ2n) is 4.59. The highest BCUT2D eigenvalue weighted by Crippen LogP contribution is 2.67. The van der Waals surface area contributed by atoms with Crippen LogP contribution in [-0.2, 0) is 0 Å². The van der Waals surface area contributed by atoms with E-state index in [0.29, 0.717) is 0 Å². The van der Waals surface area contributed by atoms with Gasteiger partial charge in [-0.05, 0) is 30.1 Å². The molecule has 0 aromatic heterocycles. The van der Waals surface area contributed by atoms with Crippen molar-refractivity contribution in [1.29, 1.82) is 0 Å². The molecule has 0 nitrogen and oxygen atoms in total. The molecule has 14 heavy (non-hydrogen) atoms. The molecule has 3 heteroatoms. The topological polar surface area (TPSA) is 0 Å². The maximum atomic E-state index is 12.5. The molecule has 0 heterocycles. The van der Waals surface area contributed by atoms with Gasteiger partial charge in [0.25, 0.3) is 0 Å². The number of alkyl halides is 3. The average molecular weight is 208 g/mol. The Bertz CT molecular complexity index is 203. The Morgan fingerprint density at radius 1 is 1.21 bits per heavy atom. The number of hydrogen-bond acceptors (Lipinski definition) is 0. The summed E-state index contributed by atoms with van der Waals surface area (Å²) in [7, 11) is 0. The van der Waals surface area contributed by atoms with Crippen molar-refractivity contribution >= 4 is 0 Å². The summed E-state index contributed by atoms with van der Waals surface area (Å²) >= 11 is 0. The number of rotatable bonds is 3. The molecule has 1 rings (SSSR count). The van der Waals surface area contributed by atoms with Gasteiger partial charge in [0.1, 0.15) is 0 Å². The van der Waals surface area contributed by atoms with Gasteiger partial charge in [-0.1, -0.05) is 27.7 Å². The van der Waals surface area contributed by atoms with E-state index in [1.165, 1.54) is 6.92 Å². The van der Waals surface area contributed by atoms with Crippen LogP contribution in [0.25, 0.3) is 0 Å². The SMILES string of the molecule is CCC1(CC)C(C)C1C(C)C(F)(F)F. The van der Waals surface area contributed by atoms with Crippen LogP contribution in [0.4, 0.5) is 13.2 Å². The molecule has 0 bridgehead atoms. The lowest BCUT2D eigenvalue weighted by Gasteiger charge is -2.19. The summed E-state index contributed by atoms with van der Waals surface area (Å²) in [6.45, 7) is 7.29. The van der Waals surface area contributed by atoms with Gasteiger partial charge in [-0.15, -0.1) is 0 Å². The maximum Gasteiger partial charge on any atom is 0.391 e. The van der Waals surface area contributed by atoms with Gasteiger partial charge in [0.15, 0.2) is 0 Å². The van der Waals surface area contributed by atoms with Crippen molar-refractivity contribution in [1.82, 2.24) is 0 Å². The molecule has 1 fully saturated rings. The Balaban J connectivity index is 2.74. The molecule has 1 saturated carbocycles. The third kappa shape index (κ3) is 1.55. The van der Waals surface area contributed by atoms with E-state index in [2.05, 4.69) is 0 Å². The molecule has 0 spiro atoms. The Morgan fingerprint density at radius 2 is 1.64 bits per heavy atom. The first kappa shape index (κ1) is 11.9. The molecular weight excluding hydrogens is 189 g/mol. The van der Waals surface area contributed by atoms with E-state index in [1.807, 2.05) is 20.8 Å². The van der Waals surface area contributed by atoms with Crippen molar-refractivity contribution in [3.8, 4) is 0 Å². The lowest BCUT2D eigenvalue weighted by Crippen LogP contribution is -2.24. The zero-order valence-electron chi connectivity index (χ0n) is 9.28. The first-order chi connectivity index (χ1) is 6.31. The van der Waals surface area contributed by atoms with Crippen LogP contribution >= 0.6 is 0 Å². The van der Waals surface area contributed by atoms with E-state index in [1.54, 1.807) is 0 Å². The van der Waals surface area contributed by atoms with Crippen LogP contribution in [0.2, 0.25) is 0 Å². The highest BCUT2D eigenvalue weighted by atomic mass is 19.4. The van der Waals surface area contributed by atoms with E-state index in [0.717, 1.165) is 12.8 Å². The van der Waals surface area contributed by atoms with Crippen LogP contribution in [0.1, 0.15) is 40.5 Å². The molecule has 0 N–H and O–H groups in total. The minimum absolute atomic E-state index is 0.0328. The third-order valence-corrected chi connectivity index (χ3v) is 4.37. The molecule has 84 valence electrons. The van der Waals surface area contributed by atoms with E-state index >= 15 is 0 Å². The summed E-state index contributed by atoms with van der Waals surface area (Å²) in [5, 5.41) is 0. The maximum absolute atomic E-state index is 12.5. The van der Waals surface area contributed by atoms with Gasteiger partial charge in [0, 0.05) is 0 Å². The largest absolute Gasteiger partial charge is 0.391 e. The van der Waals surface area contributed by atoms with Crippen molar-refractivity contribution in [2.45, 2.75) is 46.7 Å². The molecule has 0 aromatic carbocycles. The smallest absolute Gasteiger partial charge is 0.171 e. The standard InChI is InChI=1S/C11H19F3/c1-5-10(6-2)7(3)9(10)8(4)11(12,13)14/h7-9H,5-6H2,1-4H3. The molecule has 0 radical (unpaired) electrons. The van der Waals surface area contributed by atoms with Crippen LogP contribution in [0.15, 0.2) is 0 Å². The summed E-state index contributed by atoms with van der Waals surface area (Å²) in [5.74, 6) is -1.07. The molecular formula is C11H19F3. The van der Waals surface area contributed by atoms with E-state index in [9.17, 15) is 13.2 Å². The van der Waals surface area contributed by atoms with Gasteiger partial charge >= 0.3 is 6.18 Å². The molecule has 1 aliphatic carbocycles. The Hall–Kier alpha value is -0.210. The number of halogens is 3. The van der Waals surface area contributed by atoms with Crippen molar-refractivity contribution in [2.24, 2.45) is 23.2 Å². The molecule has 0 aliphatic heterocycles. The van der Waals surface area contributed by atoms with Crippen molar-refractivity contribution in [2.75, 3.05) is 0 Å². The van der Waals surface area contributed by atoms with Crippen molar-refractivity contribution < 1.29 is 13.2 Å². The van der Waals surface area contributed by atoms with E-state index in [-0.39, 0.29) is 17.3 Å². The van der Waals surface area contributed by atoms with Crippen LogP contribution in [0.5, 0.6) is 0 Å². The molecule has 3 unspecified atom stereocenters. The van der Waals surface area contributed by atoms with Crippen LogP contribution in [-0.4, -0.2) is 6.18 Å². The van der Waals surface area contributed by atoms with E-state index in [4.69, 9.17) is 0 Å². The fraction of sp³-hybridized carbons (Fsp3) is 1.00. The van der Waals surface area contributed by atoms with Gasteiger partial charge in [-0.3, -0.25) is 0 Å². The minimum Gasteiger partial charge on any atom is -0.171 e. The van der Waals surface area contributed by atoms with Crippen LogP contribution < -0.4 is 0 Å². The molecule has 0 saturated heterocycles. The third-order valence-electron chi connectivity index (χ3n) is 4.37. The van der Waals surface area contributed by atoms with Crippen molar-refractivity contribution in [3.63, 3.8) is 0 Å². The fourth-order valence-corrected chi connectivity index (χ4v) is 3.24. The van der Waals surface area contributed by atoms with E-state index < -0.39 is 12.1 Å². The normalized spacial score (nSPS) is 32.8. The first-order valence-corrected chi connectivity index (χ1v) is 5.38. The predicted molar refractivity (Wildman–Crippen MR) is 50.9 cm³/mol. The first-order valence-electron chi connectivity index (χ1n) is 5.38. The monoisotopic (exact) mass is 208 g/mol. The summed E-state index contributed by atoms with van der Waals surface area (Å²) in [5.41, 5.74) is -0.0328. The van der Waals surface area contributed by atoms with Crippen LogP contribution in [0.3, 0.4) is 0 Å². The van der Waals surface area contributed by atoms with Gasteiger partial charge in [-0.25, -0.2) is 0 Å². The molecule has 3 atom stereocenters. The second-order valence-corrected chi connectivity index (χ2v) is 4.59. The molecule has 0 amide bonds. The van der Waals surface area contributed by atoms with Gasteiger partial charge in [0.05, 0.1) is 5.92 Å². The number of hydrogen-bond donors (Lipinski definition) is 0. The van der Waals surface area contributed by atoms with Gasteiger partial charge in [0.2, 0.25) is 0 Å². The Kier molecular flexibility index (Phi) is 2.90. The average Bonchev–Trinajstić information content (AvgIpc) is 2.68. The van der Waals surface area contributed by atoms with Crippen LogP contribution in [0, 0.1) is 23.2 Å².